The lowest BCUT2D eigenvalue weighted by Crippen LogP contribution is -2.11. The smallest absolute Gasteiger partial charge is 0.224 e. The number of halogens is 1. The van der Waals surface area contributed by atoms with Crippen LogP contribution in [-0.2, 0) is 11.3 Å². The second kappa shape index (κ2) is 8.44. The Kier molecular flexibility index (Phi) is 6.28. The van der Waals surface area contributed by atoms with Gasteiger partial charge in [0, 0.05) is 18.7 Å². The summed E-state index contributed by atoms with van der Waals surface area (Å²) in [6.07, 6.45) is 2.45. The van der Waals surface area contributed by atoms with Crippen molar-refractivity contribution in [3.63, 3.8) is 0 Å². The number of rotatable bonds is 7. The number of carbonyl (C=O) groups is 1. The molecule has 4 heteroatoms. The van der Waals surface area contributed by atoms with Crippen molar-refractivity contribution in [3.8, 4) is 0 Å². The quantitative estimate of drug-likeness (QED) is 0.747. The van der Waals surface area contributed by atoms with Crippen LogP contribution >= 0.6 is 11.6 Å². The zero-order valence-corrected chi connectivity index (χ0v) is 13.5. The predicted molar refractivity (Wildman–Crippen MR) is 93.4 cm³/mol. The Morgan fingerprint density at radius 1 is 1.14 bits per heavy atom. The van der Waals surface area contributed by atoms with E-state index in [1.165, 1.54) is 5.56 Å². The molecule has 2 rings (SSSR count). The summed E-state index contributed by atoms with van der Waals surface area (Å²) in [5, 5.41) is 6.77. The number of anilines is 2. The molecule has 0 aromatic heterocycles. The minimum absolute atomic E-state index is 0.0305. The molecule has 0 atom stereocenters. The van der Waals surface area contributed by atoms with Gasteiger partial charge in [-0.15, -0.1) is 0 Å². The summed E-state index contributed by atoms with van der Waals surface area (Å²) in [7, 11) is 0. The summed E-state index contributed by atoms with van der Waals surface area (Å²) in [5.41, 5.74) is 2.78. The summed E-state index contributed by atoms with van der Waals surface area (Å²) < 4.78 is 0. The molecule has 0 radical (unpaired) electrons. The van der Waals surface area contributed by atoms with E-state index in [4.69, 9.17) is 11.6 Å². The Morgan fingerprint density at radius 2 is 1.91 bits per heavy atom. The first-order valence-corrected chi connectivity index (χ1v) is 7.94. The molecule has 0 saturated heterocycles. The maximum Gasteiger partial charge on any atom is 0.224 e. The zero-order chi connectivity index (χ0) is 15.8. The summed E-state index contributed by atoms with van der Waals surface area (Å²) in [6.45, 7) is 2.78. The van der Waals surface area contributed by atoms with Gasteiger partial charge in [-0.05, 0) is 30.2 Å². The first-order chi connectivity index (χ1) is 10.7. The van der Waals surface area contributed by atoms with Crippen molar-refractivity contribution in [3.05, 3.63) is 59.1 Å². The molecule has 2 aromatic carbocycles. The van der Waals surface area contributed by atoms with Crippen LogP contribution in [0.15, 0.2) is 48.5 Å². The monoisotopic (exact) mass is 316 g/mol. The molecule has 2 aromatic rings. The van der Waals surface area contributed by atoms with Gasteiger partial charge in [0.1, 0.15) is 0 Å². The van der Waals surface area contributed by atoms with Crippen LogP contribution in [0.2, 0.25) is 5.02 Å². The van der Waals surface area contributed by atoms with E-state index in [0.29, 0.717) is 18.0 Å². The van der Waals surface area contributed by atoms with Crippen LogP contribution in [0.25, 0.3) is 0 Å². The highest BCUT2D eigenvalue weighted by atomic mass is 35.5. The largest absolute Gasteiger partial charge is 0.380 e. The first-order valence-electron chi connectivity index (χ1n) is 7.56. The number of nitrogens with one attached hydrogen (secondary N) is 2. The van der Waals surface area contributed by atoms with Crippen molar-refractivity contribution < 1.29 is 4.79 Å². The van der Waals surface area contributed by atoms with E-state index in [1.54, 1.807) is 6.07 Å². The van der Waals surface area contributed by atoms with Gasteiger partial charge in [-0.2, -0.15) is 0 Å². The molecule has 0 spiro atoms. The van der Waals surface area contributed by atoms with Crippen molar-refractivity contribution in [2.24, 2.45) is 0 Å². The second-order valence-corrected chi connectivity index (χ2v) is 5.59. The molecule has 0 heterocycles. The third-order valence-corrected chi connectivity index (χ3v) is 3.65. The van der Waals surface area contributed by atoms with Crippen LogP contribution in [-0.4, -0.2) is 5.91 Å². The molecule has 0 saturated carbocycles. The van der Waals surface area contributed by atoms with E-state index < -0.39 is 0 Å². The van der Waals surface area contributed by atoms with Gasteiger partial charge >= 0.3 is 0 Å². The third-order valence-electron chi connectivity index (χ3n) is 3.34. The highest BCUT2D eigenvalue weighted by molar-refractivity contribution is 6.33. The summed E-state index contributed by atoms with van der Waals surface area (Å²) in [5.74, 6) is 0.0305. The Bertz CT molecular complexity index is 614. The van der Waals surface area contributed by atoms with E-state index in [1.807, 2.05) is 30.3 Å². The van der Waals surface area contributed by atoms with E-state index in [2.05, 4.69) is 29.7 Å². The predicted octanol–water partition coefficient (Wildman–Crippen LogP) is 5.08. The molecule has 1 amide bonds. The summed E-state index contributed by atoms with van der Waals surface area (Å²) in [6, 6.07) is 15.7. The van der Waals surface area contributed by atoms with Crippen LogP contribution in [0.3, 0.4) is 0 Å². The SMILES string of the molecule is CCCCC(=O)Nc1ccc(NCc2ccccc2)c(Cl)c1. The first kappa shape index (κ1) is 16.4. The Balaban J connectivity index is 1.93. The van der Waals surface area contributed by atoms with Crippen LogP contribution in [0.4, 0.5) is 11.4 Å². The fourth-order valence-electron chi connectivity index (χ4n) is 2.09. The van der Waals surface area contributed by atoms with Crippen molar-refractivity contribution in [2.45, 2.75) is 32.7 Å². The van der Waals surface area contributed by atoms with Gasteiger partial charge in [-0.1, -0.05) is 55.3 Å². The van der Waals surface area contributed by atoms with E-state index in [-0.39, 0.29) is 5.91 Å². The molecule has 0 unspecified atom stereocenters. The van der Waals surface area contributed by atoms with Crippen molar-refractivity contribution in [1.29, 1.82) is 0 Å². The van der Waals surface area contributed by atoms with E-state index in [9.17, 15) is 4.79 Å². The Labute approximate surface area is 136 Å². The maximum atomic E-state index is 11.7. The Morgan fingerprint density at radius 3 is 2.59 bits per heavy atom. The third kappa shape index (κ3) is 5.08. The average molecular weight is 317 g/mol. The number of carbonyl (C=O) groups excluding carboxylic acids is 1. The zero-order valence-electron chi connectivity index (χ0n) is 12.7. The molecule has 2 N–H and O–H groups in total. The molecule has 116 valence electrons. The number of unbranched alkanes of at least 4 members (excludes halogenated alkanes) is 1. The van der Waals surface area contributed by atoms with Crippen molar-refractivity contribution in [1.82, 2.24) is 0 Å². The minimum atomic E-state index is 0.0305. The minimum Gasteiger partial charge on any atom is -0.380 e. The molecule has 22 heavy (non-hydrogen) atoms. The van der Waals surface area contributed by atoms with E-state index >= 15 is 0 Å². The second-order valence-electron chi connectivity index (χ2n) is 5.19. The molecule has 0 bridgehead atoms. The number of benzene rings is 2. The highest BCUT2D eigenvalue weighted by Crippen LogP contribution is 2.26. The average Bonchev–Trinajstić information content (AvgIpc) is 2.53. The van der Waals surface area contributed by atoms with Crippen LogP contribution in [0.1, 0.15) is 31.7 Å². The molecule has 0 fully saturated rings. The van der Waals surface area contributed by atoms with Gasteiger partial charge in [0.05, 0.1) is 10.7 Å². The maximum absolute atomic E-state index is 11.7. The van der Waals surface area contributed by atoms with Gasteiger partial charge in [0.25, 0.3) is 0 Å². The number of hydrogen-bond donors (Lipinski definition) is 2. The van der Waals surface area contributed by atoms with Crippen molar-refractivity contribution in [2.75, 3.05) is 10.6 Å². The fourth-order valence-corrected chi connectivity index (χ4v) is 2.34. The lowest BCUT2D eigenvalue weighted by molar-refractivity contribution is -0.116. The molecule has 3 nitrogen and oxygen atoms in total. The van der Waals surface area contributed by atoms with Gasteiger partial charge < -0.3 is 10.6 Å². The lowest BCUT2D eigenvalue weighted by atomic mass is 10.2. The number of amides is 1. The van der Waals surface area contributed by atoms with Crippen LogP contribution < -0.4 is 10.6 Å². The highest BCUT2D eigenvalue weighted by Gasteiger charge is 2.05. The Hall–Kier alpha value is -2.00. The molecular weight excluding hydrogens is 296 g/mol. The normalized spacial score (nSPS) is 10.3. The summed E-state index contributed by atoms with van der Waals surface area (Å²) in [4.78, 5) is 11.7. The standard InChI is InChI=1S/C18H21ClN2O/c1-2-3-9-18(22)21-15-10-11-17(16(19)12-15)20-13-14-7-5-4-6-8-14/h4-8,10-12,20H,2-3,9,13H2,1H3,(H,21,22). The topological polar surface area (TPSA) is 41.1 Å². The number of hydrogen-bond acceptors (Lipinski definition) is 2. The van der Waals surface area contributed by atoms with Crippen LogP contribution in [0, 0.1) is 0 Å². The van der Waals surface area contributed by atoms with Crippen molar-refractivity contribution >= 4 is 28.9 Å². The molecule has 0 aliphatic carbocycles. The lowest BCUT2D eigenvalue weighted by Gasteiger charge is -2.11. The fraction of sp³-hybridized carbons (Fsp3) is 0.278. The summed E-state index contributed by atoms with van der Waals surface area (Å²) >= 11 is 6.27. The molecular formula is C18H21ClN2O. The van der Waals surface area contributed by atoms with Crippen LogP contribution in [0.5, 0.6) is 0 Å². The van der Waals surface area contributed by atoms with Gasteiger partial charge in [-0.25, -0.2) is 0 Å². The van der Waals surface area contributed by atoms with Gasteiger partial charge in [0.15, 0.2) is 0 Å². The molecule has 0 aliphatic rings. The van der Waals surface area contributed by atoms with Gasteiger partial charge in [0.2, 0.25) is 5.91 Å². The van der Waals surface area contributed by atoms with Gasteiger partial charge in [-0.3, -0.25) is 4.79 Å². The van der Waals surface area contributed by atoms with E-state index in [0.717, 1.165) is 24.2 Å². The molecule has 0 aliphatic heterocycles.